The molecule has 2 N–H and O–H groups in total. The summed E-state index contributed by atoms with van der Waals surface area (Å²) in [5.74, 6) is 1.02. The highest BCUT2D eigenvalue weighted by molar-refractivity contribution is 7.99. The number of allylic oxidation sites excluding steroid dienone is 1. The average molecular weight is 263 g/mol. The summed E-state index contributed by atoms with van der Waals surface area (Å²) in [4.78, 5) is 1.32. The fourth-order valence-electron chi connectivity index (χ4n) is 1.79. The quantitative estimate of drug-likeness (QED) is 0.402. The predicted octanol–water partition coefficient (Wildman–Crippen LogP) is 4.55. The van der Waals surface area contributed by atoms with Crippen LogP contribution in [0.1, 0.15) is 37.7 Å². The van der Waals surface area contributed by atoms with Gasteiger partial charge < -0.3 is 5.73 Å². The second-order valence-electron chi connectivity index (χ2n) is 4.81. The van der Waals surface area contributed by atoms with Gasteiger partial charge in [-0.15, -0.1) is 18.3 Å². The lowest BCUT2D eigenvalue weighted by molar-refractivity contribution is 0.587. The summed E-state index contributed by atoms with van der Waals surface area (Å²) < 4.78 is 0. The zero-order chi connectivity index (χ0) is 13.2. The van der Waals surface area contributed by atoms with Crippen molar-refractivity contribution >= 4 is 11.8 Å². The topological polar surface area (TPSA) is 26.0 Å². The lowest BCUT2D eigenvalue weighted by Crippen LogP contribution is -2.22. The second-order valence-corrected chi connectivity index (χ2v) is 5.90. The molecule has 1 aromatic carbocycles. The van der Waals surface area contributed by atoms with Gasteiger partial charge in [-0.25, -0.2) is 0 Å². The van der Waals surface area contributed by atoms with Crippen LogP contribution in [0.15, 0.2) is 41.8 Å². The summed E-state index contributed by atoms with van der Waals surface area (Å²) in [6.07, 6.45) is 8.02. The van der Waals surface area contributed by atoms with E-state index in [2.05, 4.69) is 37.8 Å². The van der Waals surface area contributed by atoms with Crippen molar-refractivity contribution in [2.45, 2.75) is 50.0 Å². The van der Waals surface area contributed by atoms with Crippen LogP contribution < -0.4 is 5.73 Å². The first-order valence-corrected chi connectivity index (χ1v) is 7.77. The Hall–Kier alpha value is -0.730. The lowest BCUT2D eigenvalue weighted by Gasteiger charge is -2.11. The molecule has 0 amide bonds. The van der Waals surface area contributed by atoms with Crippen LogP contribution in [0, 0.1) is 6.92 Å². The van der Waals surface area contributed by atoms with E-state index in [1.807, 2.05) is 17.8 Å². The number of aryl methyl sites for hydroxylation is 1. The highest BCUT2D eigenvalue weighted by atomic mass is 32.2. The summed E-state index contributed by atoms with van der Waals surface area (Å²) in [5.41, 5.74) is 7.44. The first-order valence-electron chi connectivity index (χ1n) is 6.78. The van der Waals surface area contributed by atoms with Crippen molar-refractivity contribution < 1.29 is 0 Å². The third-order valence-electron chi connectivity index (χ3n) is 2.97. The third-order valence-corrected chi connectivity index (χ3v) is 4.17. The van der Waals surface area contributed by atoms with Gasteiger partial charge in [-0.2, -0.15) is 0 Å². The number of unbranched alkanes of at least 4 members (excludes halogenated alkanes) is 3. The molecule has 1 nitrogen and oxygen atoms in total. The van der Waals surface area contributed by atoms with Gasteiger partial charge in [0.05, 0.1) is 0 Å². The number of benzene rings is 1. The minimum absolute atomic E-state index is 0.319. The van der Waals surface area contributed by atoms with E-state index in [1.165, 1.54) is 29.7 Å². The molecule has 18 heavy (non-hydrogen) atoms. The van der Waals surface area contributed by atoms with Crippen LogP contribution in [0.3, 0.4) is 0 Å². The van der Waals surface area contributed by atoms with Gasteiger partial charge in [0.1, 0.15) is 0 Å². The molecule has 0 bridgehead atoms. The molecule has 0 aromatic heterocycles. The van der Waals surface area contributed by atoms with Gasteiger partial charge in [0, 0.05) is 16.7 Å². The maximum absolute atomic E-state index is 6.13. The normalized spacial score (nSPS) is 12.3. The fourth-order valence-corrected chi connectivity index (χ4v) is 2.69. The molecule has 0 heterocycles. The zero-order valence-corrected chi connectivity index (χ0v) is 12.2. The van der Waals surface area contributed by atoms with Gasteiger partial charge in [0.25, 0.3) is 0 Å². The van der Waals surface area contributed by atoms with E-state index < -0.39 is 0 Å². The minimum Gasteiger partial charge on any atom is -0.327 e. The minimum atomic E-state index is 0.319. The van der Waals surface area contributed by atoms with Crippen LogP contribution in [-0.4, -0.2) is 11.8 Å². The Kier molecular flexibility index (Phi) is 7.86. The van der Waals surface area contributed by atoms with Crippen molar-refractivity contribution in [1.82, 2.24) is 0 Å². The highest BCUT2D eigenvalue weighted by Crippen LogP contribution is 2.20. The van der Waals surface area contributed by atoms with Gasteiger partial charge >= 0.3 is 0 Å². The second kappa shape index (κ2) is 9.23. The molecule has 0 fully saturated rings. The first-order chi connectivity index (χ1) is 8.72. The predicted molar refractivity (Wildman–Crippen MR) is 83.2 cm³/mol. The molecule has 0 aliphatic heterocycles. The number of thioether (sulfide) groups is 1. The molecule has 0 spiro atoms. The highest BCUT2D eigenvalue weighted by Gasteiger charge is 2.03. The zero-order valence-electron chi connectivity index (χ0n) is 11.4. The summed E-state index contributed by atoms with van der Waals surface area (Å²) in [7, 11) is 0. The van der Waals surface area contributed by atoms with E-state index in [1.54, 1.807) is 0 Å². The van der Waals surface area contributed by atoms with E-state index in [4.69, 9.17) is 5.73 Å². The Bertz CT molecular complexity index is 331. The SMILES string of the molecule is C=CCCCCCC(N)CSc1ccc(C)cc1. The van der Waals surface area contributed by atoms with Crippen LogP contribution >= 0.6 is 11.8 Å². The molecule has 0 saturated carbocycles. The number of hydrogen-bond donors (Lipinski definition) is 1. The maximum atomic E-state index is 6.13. The third kappa shape index (κ3) is 6.87. The maximum Gasteiger partial charge on any atom is 0.0133 e. The molecule has 1 aromatic rings. The summed E-state index contributed by atoms with van der Waals surface area (Å²) in [6.45, 7) is 5.85. The summed E-state index contributed by atoms with van der Waals surface area (Å²) in [6, 6.07) is 8.99. The molecule has 0 radical (unpaired) electrons. The standard InChI is InChI=1S/C16H25NS/c1-3-4-5-6-7-8-15(17)13-18-16-11-9-14(2)10-12-16/h3,9-12,15H,1,4-8,13,17H2,2H3. The molecule has 1 rings (SSSR count). The Morgan fingerprint density at radius 3 is 2.61 bits per heavy atom. The number of rotatable bonds is 9. The van der Waals surface area contributed by atoms with Gasteiger partial charge in [-0.05, 0) is 38.3 Å². The van der Waals surface area contributed by atoms with Crippen molar-refractivity contribution in [1.29, 1.82) is 0 Å². The van der Waals surface area contributed by atoms with E-state index in [0.29, 0.717) is 6.04 Å². The van der Waals surface area contributed by atoms with Crippen molar-refractivity contribution in [3.63, 3.8) is 0 Å². The van der Waals surface area contributed by atoms with E-state index in [9.17, 15) is 0 Å². The van der Waals surface area contributed by atoms with Gasteiger partial charge in [0.2, 0.25) is 0 Å². The van der Waals surface area contributed by atoms with Crippen LogP contribution in [-0.2, 0) is 0 Å². The molecular formula is C16H25NS. The first kappa shape index (κ1) is 15.3. The Morgan fingerprint density at radius 2 is 1.94 bits per heavy atom. The smallest absolute Gasteiger partial charge is 0.0133 e. The average Bonchev–Trinajstić information content (AvgIpc) is 2.38. The molecule has 1 unspecified atom stereocenters. The van der Waals surface area contributed by atoms with Gasteiger partial charge in [-0.3, -0.25) is 0 Å². The van der Waals surface area contributed by atoms with E-state index >= 15 is 0 Å². The Balaban J connectivity index is 2.11. The molecule has 1 atom stereocenters. The molecule has 100 valence electrons. The molecule has 0 saturated heterocycles. The van der Waals surface area contributed by atoms with Crippen LogP contribution in [0.25, 0.3) is 0 Å². The Labute approximate surface area is 116 Å². The van der Waals surface area contributed by atoms with Crippen molar-refractivity contribution in [3.8, 4) is 0 Å². The largest absolute Gasteiger partial charge is 0.327 e. The van der Waals surface area contributed by atoms with E-state index in [0.717, 1.165) is 18.6 Å². The van der Waals surface area contributed by atoms with Crippen LogP contribution in [0.5, 0.6) is 0 Å². The molecule has 0 aliphatic carbocycles. The van der Waals surface area contributed by atoms with Crippen LogP contribution in [0.4, 0.5) is 0 Å². The van der Waals surface area contributed by atoms with Crippen molar-refractivity contribution in [2.75, 3.05) is 5.75 Å². The Morgan fingerprint density at radius 1 is 1.22 bits per heavy atom. The summed E-state index contributed by atoms with van der Waals surface area (Å²) in [5, 5.41) is 0. The monoisotopic (exact) mass is 263 g/mol. The number of nitrogens with two attached hydrogens (primary N) is 1. The van der Waals surface area contributed by atoms with E-state index in [-0.39, 0.29) is 0 Å². The molecular weight excluding hydrogens is 238 g/mol. The van der Waals surface area contributed by atoms with Crippen molar-refractivity contribution in [3.05, 3.63) is 42.5 Å². The fraction of sp³-hybridized carbons (Fsp3) is 0.500. The summed E-state index contributed by atoms with van der Waals surface area (Å²) >= 11 is 1.86. The van der Waals surface area contributed by atoms with Gasteiger partial charge in [0.15, 0.2) is 0 Å². The molecule has 0 aliphatic rings. The van der Waals surface area contributed by atoms with Crippen LogP contribution in [0.2, 0.25) is 0 Å². The van der Waals surface area contributed by atoms with Gasteiger partial charge in [-0.1, -0.05) is 36.6 Å². The lowest BCUT2D eigenvalue weighted by atomic mass is 10.1. The van der Waals surface area contributed by atoms with Crippen molar-refractivity contribution in [2.24, 2.45) is 5.73 Å². The number of hydrogen-bond acceptors (Lipinski definition) is 2. The molecule has 2 heteroatoms.